The highest BCUT2D eigenvalue weighted by Crippen LogP contribution is 2.49. The van der Waals surface area contributed by atoms with E-state index < -0.39 is 17.8 Å². The lowest BCUT2D eigenvalue weighted by Crippen LogP contribution is -2.49. The van der Waals surface area contributed by atoms with Gasteiger partial charge in [0.25, 0.3) is 17.4 Å². The Balaban J connectivity index is 1.41. The molecular weight excluding hydrogens is 492 g/mol. The van der Waals surface area contributed by atoms with Crippen LogP contribution in [-0.2, 0) is 18.3 Å². The van der Waals surface area contributed by atoms with Gasteiger partial charge in [-0.05, 0) is 36.6 Å². The Morgan fingerprint density at radius 1 is 1.25 bits per heavy atom. The summed E-state index contributed by atoms with van der Waals surface area (Å²) in [6.45, 7) is 0.196. The smallest absolute Gasteiger partial charge is 0.293 e. The number of ether oxygens (including phenoxy) is 1. The van der Waals surface area contributed by atoms with Gasteiger partial charge in [-0.3, -0.25) is 9.59 Å². The van der Waals surface area contributed by atoms with E-state index in [1.807, 2.05) is 23.1 Å². The maximum absolute atomic E-state index is 14.4. The summed E-state index contributed by atoms with van der Waals surface area (Å²) in [5.74, 6) is -3.83. The first-order chi connectivity index (χ1) is 17.2. The Hall–Kier alpha value is -3.27. The molecule has 1 aliphatic heterocycles. The zero-order chi connectivity index (χ0) is 25.6. The van der Waals surface area contributed by atoms with Crippen molar-refractivity contribution in [3.63, 3.8) is 0 Å². The molecule has 11 heteroatoms. The number of aryl methyl sites for hydroxylation is 1. The number of aromatic nitrogens is 3. The van der Waals surface area contributed by atoms with Gasteiger partial charge < -0.3 is 19.5 Å². The highest BCUT2D eigenvalue weighted by atomic mass is 35.5. The van der Waals surface area contributed by atoms with Crippen LogP contribution in [0.5, 0.6) is 5.75 Å². The molecule has 2 atom stereocenters. The van der Waals surface area contributed by atoms with Gasteiger partial charge >= 0.3 is 0 Å². The van der Waals surface area contributed by atoms with Crippen molar-refractivity contribution < 1.29 is 18.3 Å². The molecule has 1 aromatic carbocycles. The van der Waals surface area contributed by atoms with Crippen molar-refractivity contribution in [2.75, 3.05) is 31.6 Å². The van der Waals surface area contributed by atoms with Gasteiger partial charge in [0.15, 0.2) is 12.4 Å². The maximum Gasteiger partial charge on any atom is 0.293 e. The van der Waals surface area contributed by atoms with Crippen LogP contribution in [0.25, 0.3) is 10.9 Å². The predicted molar refractivity (Wildman–Crippen MR) is 132 cm³/mol. The summed E-state index contributed by atoms with van der Waals surface area (Å²) in [4.78, 5) is 34.9. The average Bonchev–Trinajstić information content (AvgIpc) is 3.02. The number of rotatable bonds is 6. The lowest BCUT2D eigenvalue weighted by atomic mass is 9.94. The number of halogens is 3. The fourth-order valence-corrected chi connectivity index (χ4v) is 5.27. The normalized spacial score (nSPS) is 20.5. The lowest BCUT2D eigenvalue weighted by molar-refractivity contribution is -0.122. The maximum atomic E-state index is 14.4. The third-order valence-electron chi connectivity index (χ3n) is 7.19. The molecule has 3 heterocycles. The van der Waals surface area contributed by atoms with Crippen LogP contribution in [0, 0.1) is 11.8 Å². The largest absolute Gasteiger partial charge is 0.478 e. The summed E-state index contributed by atoms with van der Waals surface area (Å²) >= 11 is 6.41. The van der Waals surface area contributed by atoms with Crippen molar-refractivity contribution in [1.82, 2.24) is 19.9 Å². The van der Waals surface area contributed by atoms with Gasteiger partial charge in [0.05, 0.1) is 22.4 Å². The number of amides is 1. The van der Waals surface area contributed by atoms with Crippen LogP contribution in [0.15, 0.2) is 35.3 Å². The molecule has 0 spiro atoms. The van der Waals surface area contributed by atoms with Gasteiger partial charge in [-0.2, -0.15) is 0 Å². The van der Waals surface area contributed by atoms with E-state index in [0.29, 0.717) is 41.4 Å². The minimum absolute atomic E-state index is 0.0737. The van der Waals surface area contributed by atoms with Gasteiger partial charge in [0.2, 0.25) is 5.95 Å². The molecule has 3 aromatic rings. The SMILES string of the molecule is CNC(=O)COc1cc2cc(Cc3nc(N4CC5CCC(C4)C5(F)F)ncc3Cl)ccc2n(C)c1=O. The van der Waals surface area contributed by atoms with Crippen molar-refractivity contribution in [1.29, 1.82) is 0 Å². The van der Waals surface area contributed by atoms with Crippen molar-refractivity contribution in [2.24, 2.45) is 18.9 Å². The number of hydrogen-bond acceptors (Lipinski definition) is 6. The molecule has 2 aromatic heterocycles. The third kappa shape index (κ3) is 4.38. The second-order valence-electron chi connectivity index (χ2n) is 9.42. The second kappa shape index (κ2) is 9.31. The van der Waals surface area contributed by atoms with Crippen LogP contribution < -0.4 is 20.5 Å². The lowest BCUT2D eigenvalue weighted by Gasteiger charge is -2.37. The number of piperidine rings is 1. The Labute approximate surface area is 211 Å². The van der Waals surface area contributed by atoms with Crippen LogP contribution in [-0.4, -0.2) is 53.1 Å². The summed E-state index contributed by atoms with van der Waals surface area (Å²) in [7, 11) is 3.13. The number of benzene rings is 1. The van der Waals surface area contributed by atoms with E-state index in [4.69, 9.17) is 16.3 Å². The summed E-state index contributed by atoms with van der Waals surface area (Å²) < 4.78 is 35.6. The van der Waals surface area contributed by atoms with E-state index in [1.165, 1.54) is 17.8 Å². The summed E-state index contributed by atoms with van der Waals surface area (Å²) in [5, 5.41) is 3.59. The van der Waals surface area contributed by atoms with E-state index in [0.717, 1.165) is 10.9 Å². The molecule has 1 saturated carbocycles. The Morgan fingerprint density at radius 2 is 1.97 bits per heavy atom. The molecule has 2 fully saturated rings. The fraction of sp³-hybridized carbons (Fsp3) is 0.440. The highest BCUT2D eigenvalue weighted by molar-refractivity contribution is 6.31. The van der Waals surface area contributed by atoms with Gasteiger partial charge in [0.1, 0.15) is 0 Å². The monoisotopic (exact) mass is 517 g/mol. The first-order valence-electron chi connectivity index (χ1n) is 11.8. The molecule has 1 saturated heterocycles. The molecule has 0 radical (unpaired) electrons. The fourth-order valence-electron chi connectivity index (χ4n) is 5.11. The molecule has 2 unspecified atom stereocenters. The molecule has 36 heavy (non-hydrogen) atoms. The van der Waals surface area contributed by atoms with Gasteiger partial charge in [-0.1, -0.05) is 17.7 Å². The zero-order valence-corrected chi connectivity index (χ0v) is 20.7. The van der Waals surface area contributed by atoms with Crippen LogP contribution in [0.3, 0.4) is 0 Å². The Bertz CT molecular complexity index is 1380. The van der Waals surface area contributed by atoms with Crippen molar-refractivity contribution in [3.05, 3.63) is 57.1 Å². The zero-order valence-electron chi connectivity index (χ0n) is 19.9. The highest BCUT2D eigenvalue weighted by Gasteiger charge is 2.56. The van der Waals surface area contributed by atoms with Crippen LogP contribution in [0.4, 0.5) is 14.7 Å². The average molecular weight is 518 g/mol. The first-order valence-corrected chi connectivity index (χ1v) is 12.2. The minimum atomic E-state index is -2.63. The molecule has 1 amide bonds. The predicted octanol–water partition coefficient (Wildman–Crippen LogP) is 3.18. The number of nitrogens with one attached hydrogen (secondary N) is 1. The molecular formula is C25H26ClF2N5O3. The molecule has 1 aliphatic carbocycles. The van der Waals surface area contributed by atoms with E-state index in [1.54, 1.807) is 13.1 Å². The van der Waals surface area contributed by atoms with Crippen LogP contribution >= 0.6 is 11.6 Å². The summed E-state index contributed by atoms with van der Waals surface area (Å²) in [6, 6.07) is 7.23. The number of hydrogen-bond donors (Lipinski definition) is 1. The minimum Gasteiger partial charge on any atom is -0.478 e. The number of pyridine rings is 1. The summed E-state index contributed by atoms with van der Waals surface area (Å²) in [5.41, 5.74) is 1.83. The first kappa shape index (κ1) is 24.4. The van der Waals surface area contributed by atoms with E-state index in [9.17, 15) is 18.4 Å². The summed E-state index contributed by atoms with van der Waals surface area (Å²) in [6.07, 6.45) is 2.94. The Kier molecular flexibility index (Phi) is 6.32. The second-order valence-corrected chi connectivity index (χ2v) is 9.83. The number of carbonyl (C=O) groups is 1. The molecule has 2 bridgehead atoms. The third-order valence-corrected chi connectivity index (χ3v) is 7.50. The van der Waals surface area contributed by atoms with Gasteiger partial charge in [-0.15, -0.1) is 0 Å². The van der Waals surface area contributed by atoms with E-state index in [-0.39, 0.29) is 36.9 Å². The van der Waals surface area contributed by atoms with Crippen molar-refractivity contribution >= 4 is 34.4 Å². The standard InChI is InChI=1S/C25H26ClF2N5O3/c1-29-22(34)13-36-21-9-15-7-14(3-6-20(15)32(2)23(21)35)8-19-18(26)10-30-24(31-19)33-11-16-4-5-17(12-33)25(16,27)28/h3,6-7,9-10,16-17H,4-5,8,11-13H2,1-2H3,(H,29,34). The van der Waals surface area contributed by atoms with Gasteiger partial charge in [-0.25, -0.2) is 18.7 Å². The number of anilines is 1. The number of alkyl halides is 2. The topological polar surface area (TPSA) is 89.3 Å². The van der Waals surface area contributed by atoms with E-state index >= 15 is 0 Å². The van der Waals surface area contributed by atoms with Crippen LogP contribution in [0.1, 0.15) is 24.1 Å². The number of nitrogens with zero attached hydrogens (tertiary/aromatic N) is 4. The number of likely N-dealkylation sites (N-methyl/N-ethyl adjacent to an activating group) is 1. The molecule has 2 aliphatic rings. The van der Waals surface area contributed by atoms with Crippen molar-refractivity contribution in [3.8, 4) is 5.75 Å². The number of carbonyl (C=O) groups excluding carboxylic acids is 1. The molecule has 1 N–H and O–H groups in total. The molecule has 5 rings (SSSR count). The quantitative estimate of drug-likeness (QED) is 0.540. The van der Waals surface area contributed by atoms with Crippen molar-refractivity contribution in [2.45, 2.75) is 25.2 Å². The van der Waals surface area contributed by atoms with E-state index in [2.05, 4.69) is 15.3 Å². The Morgan fingerprint density at radius 3 is 2.67 bits per heavy atom. The van der Waals surface area contributed by atoms with Crippen LogP contribution in [0.2, 0.25) is 5.02 Å². The van der Waals surface area contributed by atoms with Gasteiger partial charge in [0, 0.05) is 50.8 Å². The molecule has 190 valence electrons. The molecule has 8 nitrogen and oxygen atoms in total. The number of fused-ring (bicyclic) bond motifs is 3.